The lowest BCUT2D eigenvalue weighted by molar-refractivity contribution is 0.577. The molecule has 0 spiro atoms. The molecule has 0 bridgehead atoms. The van der Waals surface area contributed by atoms with Gasteiger partial charge in [-0.2, -0.15) is 4.52 Å². The maximum Gasteiger partial charge on any atom is 0.228 e. The fourth-order valence-electron chi connectivity index (χ4n) is 2.51. The molecule has 0 fully saturated rings. The Balaban J connectivity index is 2.12. The largest absolute Gasteiger partial charge is 0.461 e. The summed E-state index contributed by atoms with van der Waals surface area (Å²) in [6, 6.07) is 9.82. The van der Waals surface area contributed by atoms with Gasteiger partial charge in [-0.15, -0.1) is 5.10 Å². The van der Waals surface area contributed by atoms with E-state index in [-0.39, 0.29) is 0 Å². The standard InChI is InChI=1S/C16H15N5O/c1-10-6-7-12-11(9-10)15-18-14(13-5-4-8-22-13)19-21(15)16(17-12)20(2)3/h4-9H,1-3H3. The van der Waals surface area contributed by atoms with Crippen molar-refractivity contribution >= 4 is 22.5 Å². The molecule has 0 saturated heterocycles. The average Bonchev–Trinajstić information content (AvgIpc) is 3.15. The van der Waals surface area contributed by atoms with E-state index in [4.69, 9.17) is 9.40 Å². The summed E-state index contributed by atoms with van der Waals surface area (Å²) in [6.45, 7) is 2.06. The zero-order valence-electron chi connectivity index (χ0n) is 12.6. The number of benzene rings is 1. The molecule has 6 heteroatoms. The second-order valence-electron chi connectivity index (χ2n) is 5.47. The molecular formula is C16H15N5O. The lowest BCUT2D eigenvalue weighted by Crippen LogP contribution is -2.16. The molecule has 4 aromatic rings. The first-order chi connectivity index (χ1) is 10.6. The zero-order valence-corrected chi connectivity index (χ0v) is 12.6. The minimum absolute atomic E-state index is 0.559. The Hall–Kier alpha value is -2.89. The van der Waals surface area contributed by atoms with Crippen LogP contribution in [0, 0.1) is 6.92 Å². The molecule has 0 saturated carbocycles. The van der Waals surface area contributed by atoms with E-state index in [0.29, 0.717) is 11.6 Å². The first-order valence-electron chi connectivity index (χ1n) is 7.02. The van der Waals surface area contributed by atoms with Crippen LogP contribution in [-0.2, 0) is 0 Å². The van der Waals surface area contributed by atoms with E-state index in [0.717, 1.165) is 28.1 Å². The molecule has 22 heavy (non-hydrogen) atoms. The fourth-order valence-corrected chi connectivity index (χ4v) is 2.51. The number of rotatable bonds is 2. The molecule has 3 heterocycles. The molecular weight excluding hydrogens is 278 g/mol. The van der Waals surface area contributed by atoms with Gasteiger partial charge in [-0.3, -0.25) is 0 Å². The highest BCUT2D eigenvalue weighted by Crippen LogP contribution is 2.25. The zero-order chi connectivity index (χ0) is 15.3. The number of anilines is 1. The van der Waals surface area contributed by atoms with Crippen LogP contribution >= 0.6 is 0 Å². The first kappa shape index (κ1) is 12.8. The molecule has 4 rings (SSSR count). The van der Waals surface area contributed by atoms with Crippen LogP contribution in [0.5, 0.6) is 0 Å². The number of hydrogen-bond acceptors (Lipinski definition) is 5. The van der Waals surface area contributed by atoms with Crippen LogP contribution in [0.1, 0.15) is 5.56 Å². The minimum atomic E-state index is 0.559. The van der Waals surface area contributed by atoms with Crippen molar-refractivity contribution in [3.05, 3.63) is 42.2 Å². The van der Waals surface area contributed by atoms with Gasteiger partial charge in [-0.25, -0.2) is 9.97 Å². The summed E-state index contributed by atoms with van der Waals surface area (Å²) in [5.41, 5.74) is 2.85. The summed E-state index contributed by atoms with van der Waals surface area (Å²) in [4.78, 5) is 11.3. The molecule has 0 aliphatic heterocycles. The monoisotopic (exact) mass is 293 g/mol. The predicted molar refractivity (Wildman–Crippen MR) is 85.1 cm³/mol. The number of nitrogens with zero attached hydrogens (tertiary/aromatic N) is 5. The van der Waals surface area contributed by atoms with E-state index in [1.807, 2.05) is 37.2 Å². The Labute approximate surface area is 127 Å². The molecule has 0 amide bonds. The molecule has 1 aromatic carbocycles. The first-order valence-corrected chi connectivity index (χ1v) is 7.02. The van der Waals surface area contributed by atoms with Gasteiger partial charge in [0.05, 0.1) is 11.8 Å². The highest BCUT2D eigenvalue weighted by atomic mass is 16.3. The van der Waals surface area contributed by atoms with Gasteiger partial charge in [0, 0.05) is 19.5 Å². The van der Waals surface area contributed by atoms with Crippen molar-refractivity contribution in [3.63, 3.8) is 0 Å². The predicted octanol–water partition coefficient (Wildman–Crippen LogP) is 2.91. The Morgan fingerprint density at radius 3 is 2.73 bits per heavy atom. The Bertz CT molecular complexity index is 969. The third-order valence-corrected chi connectivity index (χ3v) is 3.55. The maximum absolute atomic E-state index is 5.41. The van der Waals surface area contributed by atoms with Crippen LogP contribution in [0.4, 0.5) is 5.95 Å². The lowest BCUT2D eigenvalue weighted by atomic mass is 10.1. The highest BCUT2D eigenvalue weighted by molar-refractivity contribution is 5.93. The number of aryl methyl sites for hydroxylation is 1. The van der Waals surface area contributed by atoms with E-state index >= 15 is 0 Å². The second kappa shape index (κ2) is 4.56. The normalized spacial score (nSPS) is 11.4. The van der Waals surface area contributed by atoms with Crippen molar-refractivity contribution in [3.8, 4) is 11.6 Å². The number of furan rings is 1. The van der Waals surface area contributed by atoms with Crippen molar-refractivity contribution in [1.82, 2.24) is 19.6 Å². The molecule has 3 aromatic heterocycles. The topological polar surface area (TPSA) is 59.5 Å². The van der Waals surface area contributed by atoms with Crippen LogP contribution < -0.4 is 4.90 Å². The van der Waals surface area contributed by atoms with E-state index in [1.165, 1.54) is 0 Å². The van der Waals surface area contributed by atoms with Crippen LogP contribution in [0.15, 0.2) is 41.0 Å². The van der Waals surface area contributed by atoms with E-state index < -0.39 is 0 Å². The van der Waals surface area contributed by atoms with Crippen molar-refractivity contribution in [2.24, 2.45) is 0 Å². The van der Waals surface area contributed by atoms with Gasteiger partial charge in [0.1, 0.15) is 0 Å². The van der Waals surface area contributed by atoms with Crippen molar-refractivity contribution in [2.45, 2.75) is 6.92 Å². The molecule has 0 aliphatic rings. The van der Waals surface area contributed by atoms with Crippen molar-refractivity contribution in [2.75, 3.05) is 19.0 Å². The Morgan fingerprint density at radius 2 is 2.00 bits per heavy atom. The third-order valence-electron chi connectivity index (χ3n) is 3.55. The van der Waals surface area contributed by atoms with Crippen molar-refractivity contribution < 1.29 is 4.42 Å². The summed E-state index contributed by atoms with van der Waals surface area (Å²) in [6.07, 6.45) is 1.62. The Kier molecular flexibility index (Phi) is 2.66. The van der Waals surface area contributed by atoms with Crippen LogP contribution in [0.2, 0.25) is 0 Å². The van der Waals surface area contributed by atoms with E-state index in [1.54, 1.807) is 10.8 Å². The van der Waals surface area contributed by atoms with Crippen LogP contribution in [-0.4, -0.2) is 33.7 Å². The quantitative estimate of drug-likeness (QED) is 0.568. The second-order valence-corrected chi connectivity index (χ2v) is 5.47. The number of hydrogen-bond donors (Lipinski definition) is 0. The van der Waals surface area contributed by atoms with Gasteiger partial charge < -0.3 is 9.32 Å². The summed E-state index contributed by atoms with van der Waals surface area (Å²) >= 11 is 0. The number of aromatic nitrogens is 4. The highest BCUT2D eigenvalue weighted by Gasteiger charge is 2.16. The van der Waals surface area contributed by atoms with Gasteiger partial charge in [-0.05, 0) is 31.2 Å². The summed E-state index contributed by atoms with van der Waals surface area (Å²) in [5, 5.41) is 5.55. The maximum atomic E-state index is 5.41. The van der Waals surface area contributed by atoms with Crippen LogP contribution in [0.3, 0.4) is 0 Å². The molecule has 0 aliphatic carbocycles. The molecule has 0 N–H and O–H groups in total. The summed E-state index contributed by atoms with van der Waals surface area (Å²) in [7, 11) is 3.88. The van der Waals surface area contributed by atoms with Gasteiger partial charge in [0.15, 0.2) is 11.4 Å². The molecule has 6 nitrogen and oxygen atoms in total. The molecule has 0 atom stereocenters. The fraction of sp³-hybridized carbons (Fsp3) is 0.188. The molecule has 0 unspecified atom stereocenters. The third kappa shape index (κ3) is 1.84. The van der Waals surface area contributed by atoms with Gasteiger partial charge in [-0.1, -0.05) is 11.6 Å². The van der Waals surface area contributed by atoms with Gasteiger partial charge in [0.2, 0.25) is 11.8 Å². The van der Waals surface area contributed by atoms with E-state index in [9.17, 15) is 0 Å². The van der Waals surface area contributed by atoms with Crippen LogP contribution in [0.25, 0.3) is 28.1 Å². The van der Waals surface area contributed by atoms with Gasteiger partial charge >= 0.3 is 0 Å². The summed E-state index contributed by atoms with van der Waals surface area (Å²) in [5.74, 6) is 1.94. The molecule has 0 radical (unpaired) electrons. The van der Waals surface area contributed by atoms with E-state index in [2.05, 4.69) is 29.1 Å². The Morgan fingerprint density at radius 1 is 1.14 bits per heavy atom. The smallest absolute Gasteiger partial charge is 0.228 e. The molecule has 110 valence electrons. The number of fused-ring (bicyclic) bond motifs is 3. The minimum Gasteiger partial charge on any atom is -0.461 e. The SMILES string of the molecule is Cc1ccc2nc(N(C)C)n3nc(-c4ccco4)nc3c2c1. The van der Waals surface area contributed by atoms with Crippen molar-refractivity contribution in [1.29, 1.82) is 0 Å². The summed E-state index contributed by atoms with van der Waals surface area (Å²) < 4.78 is 7.18. The average molecular weight is 293 g/mol. The van der Waals surface area contributed by atoms with Gasteiger partial charge in [0.25, 0.3) is 0 Å². The lowest BCUT2D eigenvalue weighted by Gasteiger charge is -2.13.